The van der Waals surface area contributed by atoms with Gasteiger partial charge in [0.1, 0.15) is 17.8 Å². The molecular formula is C23H25ClN2O3Si. The number of rotatable bonds is 7. The Balaban J connectivity index is 1.92. The summed E-state index contributed by atoms with van der Waals surface area (Å²) in [5.41, 5.74) is 2.26. The Morgan fingerprint density at radius 1 is 1.23 bits per heavy atom. The van der Waals surface area contributed by atoms with Gasteiger partial charge in [0.15, 0.2) is 5.75 Å². The lowest BCUT2D eigenvalue weighted by Gasteiger charge is -2.16. The fraction of sp³-hybridized carbons (Fsp3) is 0.304. The van der Waals surface area contributed by atoms with Gasteiger partial charge in [-0.05, 0) is 30.2 Å². The SMILES string of the molecule is COc1c(C(=O)C#Cc2ccccc2)cc(Cl)c2ncn(COCC[Si](C)(C)C)c12. The molecule has 2 aromatic carbocycles. The molecule has 5 nitrogen and oxygen atoms in total. The van der Waals surface area contributed by atoms with Gasteiger partial charge < -0.3 is 14.0 Å². The number of hydrogen-bond acceptors (Lipinski definition) is 4. The van der Waals surface area contributed by atoms with Crippen molar-refractivity contribution in [3.63, 3.8) is 0 Å². The van der Waals surface area contributed by atoms with E-state index in [1.807, 2.05) is 34.9 Å². The predicted octanol–water partition coefficient (Wildman–Crippen LogP) is 5.25. The van der Waals surface area contributed by atoms with E-state index in [0.717, 1.165) is 11.6 Å². The van der Waals surface area contributed by atoms with E-state index < -0.39 is 8.07 Å². The molecule has 0 bridgehead atoms. The molecule has 0 unspecified atom stereocenters. The maximum atomic E-state index is 12.8. The number of fused-ring (bicyclic) bond motifs is 1. The first kappa shape index (κ1) is 22.1. The van der Waals surface area contributed by atoms with Gasteiger partial charge in [0.05, 0.1) is 24.0 Å². The minimum Gasteiger partial charge on any atom is -0.494 e. The van der Waals surface area contributed by atoms with Crippen molar-refractivity contribution in [2.75, 3.05) is 13.7 Å². The number of nitrogens with zero attached hydrogens (tertiary/aromatic N) is 2. The second-order valence-electron chi connectivity index (χ2n) is 8.14. The van der Waals surface area contributed by atoms with Gasteiger partial charge in [0.2, 0.25) is 5.78 Å². The highest BCUT2D eigenvalue weighted by atomic mass is 35.5. The molecule has 0 fully saturated rings. The summed E-state index contributed by atoms with van der Waals surface area (Å²) in [6.45, 7) is 7.90. The summed E-state index contributed by atoms with van der Waals surface area (Å²) in [7, 11) is 0.345. The van der Waals surface area contributed by atoms with E-state index in [2.05, 4.69) is 36.5 Å². The molecule has 3 aromatic rings. The van der Waals surface area contributed by atoms with Gasteiger partial charge in [-0.2, -0.15) is 0 Å². The van der Waals surface area contributed by atoms with Gasteiger partial charge in [-0.1, -0.05) is 55.4 Å². The molecule has 0 amide bonds. The Kier molecular flexibility index (Phi) is 6.98. The van der Waals surface area contributed by atoms with Crippen molar-refractivity contribution in [3.8, 4) is 17.6 Å². The number of ether oxygens (including phenoxy) is 2. The van der Waals surface area contributed by atoms with Crippen LogP contribution in [0.25, 0.3) is 11.0 Å². The molecule has 0 spiro atoms. The Hall–Kier alpha value is -2.59. The van der Waals surface area contributed by atoms with E-state index in [1.54, 1.807) is 12.4 Å². The second-order valence-corrected chi connectivity index (χ2v) is 14.2. The van der Waals surface area contributed by atoms with Crippen molar-refractivity contribution in [1.82, 2.24) is 9.55 Å². The number of carbonyl (C=O) groups excluding carboxylic acids is 1. The summed E-state index contributed by atoms with van der Waals surface area (Å²) in [4.78, 5) is 17.2. The highest BCUT2D eigenvalue weighted by Crippen LogP contribution is 2.35. The lowest BCUT2D eigenvalue weighted by atomic mass is 10.1. The number of benzene rings is 2. The van der Waals surface area contributed by atoms with Gasteiger partial charge in [-0.25, -0.2) is 4.98 Å². The molecular weight excluding hydrogens is 416 g/mol. The number of halogens is 1. The average molecular weight is 441 g/mol. The predicted molar refractivity (Wildman–Crippen MR) is 123 cm³/mol. The van der Waals surface area contributed by atoms with Crippen LogP contribution in [0.1, 0.15) is 15.9 Å². The summed E-state index contributed by atoms with van der Waals surface area (Å²) in [6, 6.07) is 12.0. The number of hydrogen-bond donors (Lipinski definition) is 0. The lowest BCUT2D eigenvalue weighted by molar-refractivity contribution is 0.0895. The van der Waals surface area contributed by atoms with E-state index in [1.165, 1.54) is 7.11 Å². The van der Waals surface area contributed by atoms with Gasteiger partial charge in [0, 0.05) is 20.2 Å². The third-order valence-electron chi connectivity index (χ3n) is 4.56. The van der Waals surface area contributed by atoms with Crippen molar-refractivity contribution < 1.29 is 14.3 Å². The summed E-state index contributed by atoms with van der Waals surface area (Å²) in [5, 5.41) is 0.372. The van der Waals surface area contributed by atoms with Crippen molar-refractivity contribution in [1.29, 1.82) is 0 Å². The number of carbonyl (C=O) groups is 1. The summed E-state index contributed by atoms with van der Waals surface area (Å²) in [5.74, 6) is 5.59. The standard InChI is InChI=1S/C23H25ClN2O3Si/c1-28-23-18(20(27)11-10-17-8-6-5-7-9-17)14-19(24)21-22(23)26(15-25-21)16-29-12-13-30(2,3)4/h5-9,14-15H,12-13,16H2,1-4H3. The van der Waals surface area contributed by atoms with Gasteiger partial charge in [-0.3, -0.25) is 4.79 Å². The van der Waals surface area contributed by atoms with Gasteiger partial charge >= 0.3 is 0 Å². The largest absolute Gasteiger partial charge is 0.494 e. The van der Waals surface area contributed by atoms with Crippen molar-refractivity contribution in [2.24, 2.45) is 0 Å². The smallest absolute Gasteiger partial charge is 0.240 e. The number of Topliss-reactive ketones (excluding diaryl/α,β-unsaturated/α-hetero) is 1. The summed E-state index contributed by atoms with van der Waals surface area (Å²) < 4.78 is 13.3. The van der Waals surface area contributed by atoms with Crippen molar-refractivity contribution >= 4 is 36.5 Å². The third kappa shape index (κ3) is 5.31. The first-order chi connectivity index (χ1) is 14.3. The minimum atomic E-state index is -1.18. The first-order valence-corrected chi connectivity index (χ1v) is 13.8. The molecule has 0 saturated carbocycles. The monoisotopic (exact) mass is 440 g/mol. The molecule has 0 atom stereocenters. The Morgan fingerprint density at radius 2 is 1.97 bits per heavy atom. The fourth-order valence-electron chi connectivity index (χ4n) is 2.92. The highest BCUT2D eigenvalue weighted by Gasteiger charge is 2.21. The average Bonchev–Trinajstić information content (AvgIpc) is 3.14. The van der Waals surface area contributed by atoms with Gasteiger partial charge in [-0.15, -0.1) is 0 Å². The maximum absolute atomic E-state index is 12.8. The Morgan fingerprint density at radius 3 is 2.63 bits per heavy atom. The number of aromatic nitrogens is 2. The molecule has 156 valence electrons. The zero-order valence-corrected chi connectivity index (χ0v) is 19.4. The highest BCUT2D eigenvalue weighted by molar-refractivity contribution is 6.76. The van der Waals surface area contributed by atoms with E-state index in [9.17, 15) is 4.79 Å². The topological polar surface area (TPSA) is 53.3 Å². The second kappa shape index (κ2) is 9.48. The van der Waals surface area contributed by atoms with Crippen LogP contribution in [0.2, 0.25) is 30.7 Å². The normalized spacial score (nSPS) is 11.2. The Bertz CT molecular complexity index is 1110. The molecule has 0 saturated heterocycles. The van der Waals surface area contributed by atoms with E-state index in [-0.39, 0.29) is 5.78 Å². The summed E-state index contributed by atoms with van der Waals surface area (Å²) in [6.07, 6.45) is 1.65. The minimum absolute atomic E-state index is 0.307. The number of ketones is 1. The molecule has 3 rings (SSSR count). The zero-order valence-electron chi connectivity index (χ0n) is 17.7. The molecule has 7 heteroatoms. The fourth-order valence-corrected chi connectivity index (χ4v) is 3.92. The lowest BCUT2D eigenvalue weighted by Crippen LogP contribution is -2.22. The molecule has 0 aliphatic carbocycles. The third-order valence-corrected chi connectivity index (χ3v) is 6.56. The van der Waals surface area contributed by atoms with Crippen LogP contribution in [0.5, 0.6) is 5.75 Å². The molecule has 0 N–H and O–H groups in total. The van der Waals surface area contributed by atoms with Crippen molar-refractivity contribution in [2.45, 2.75) is 32.4 Å². The van der Waals surface area contributed by atoms with Crippen LogP contribution in [0.3, 0.4) is 0 Å². The number of methoxy groups -OCH3 is 1. The first-order valence-electron chi connectivity index (χ1n) is 9.70. The van der Waals surface area contributed by atoms with Crippen LogP contribution in [-0.4, -0.2) is 37.1 Å². The van der Waals surface area contributed by atoms with Crippen LogP contribution < -0.4 is 4.74 Å². The molecule has 30 heavy (non-hydrogen) atoms. The van der Waals surface area contributed by atoms with Gasteiger partial charge in [0.25, 0.3) is 0 Å². The quantitative estimate of drug-likeness (QED) is 0.218. The van der Waals surface area contributed by atoms with Crippen LogP contribution in [0, 0.1) is 11.8 Å². The Labute approximate surface area is 183 Å². The van der Waals surface area contributed by atoms with E-state index >= 15 is 0 Å². The molecule has 1 aromatic heterocycles. The van der Waals surface area contributed by atoms with Crippen molar-refractivity contribution in [3.05, 3.63) is 58.9 Å². The molecule has 0 aliphatic heterocycles. The van der Waals surface area contributed by atoms with Crippen LogP contribution >= 0.6 is 11.6 Å². The van der Waals surface area contributed by atoms with Crippen LogP contribution in [-0.2, 0) is 11.5 Å². The number of imidazole rings is 1. The summed E-state index contributed by atoms with van der Waals surface area (Å²) >= 11 is 6.42. The van der Waals surface area contributed by atoms with E-state index in [4.69, 9.17) is 21.1 Å². The van der Waals surface area contributed by atoms with Crippen LogP contribution in [0.4, 0.5) is 0 Å². The maximum Gasteiger partial charge on any atom is 0.240 e. The van der Waals surface area contributed by atoms with Crippen LogP contribution in [0.15, 0.2) is 42.7 Å². The molecule has 0 radical (unpaired) electrons. The zero-order chi connectivity index (χ0) is 21.7. The molecule has 0 aliphatic rings. The van der Waals surface area contributed by atoms with E-state index in [0.29, 0.717) is 40.7 Å². The molecule has 1 heterocycles.